The van der Waals surface area contributed by atoms with E-state index >= 15 is 0 Å². The van der Waals surface area contributed by atoms with Crippen LogP contribution < -0.4 is 0 Å². The number of unbranched alkanes of at least 4 members (excludes halogenated alkanes) is 1. The number of hydrogen-bond donors (Lipinski definition) is 0. The van der Waals surface area contributed by atoms with Crippen molar-refractivity contribution in [2.45, 2.75) is 51.9 Å². The summed E-state index contributed by atoms with van der Waals surface area (Å²) in [6.45, 7) is 5.80. The second-order valence-corrected chi connectivity index (χ2v) is 4.74. The summed E-state index contributed by atoms with van der Waals surface area (Å²) in [4.78, 5) is 24.2. The summed E-state index contributed by atoms with van der Waals surface area (Å²) in [6, 6.07) is 0. The van der Waals surface area contributed by atoms with E-state index in [9.17, 15) is 9.59 Å². The molecule has 1 aliphatic rings. The predicted octanol–water partition coefficient (Wildman–Crippen LogP) is 3.62. The number of ketones is 2. The number of Topliss-reactive ketones (excluding diaryl/α,β-unsaturated/α-hetero) is 2. The minimum atomic E-state index is -0.787. The van der Waals surface area contributed by atoms with Crippen LogP contribution in [0, 0.1) is 5.41 Å². The van der Waals surface area contributed by atoms with E-state index in [0.29, 0.717) is 25.7 Å². The van der Waals surface area contributed by atoms with E-state index in [1.807, 2.05) is 6.08 Å². The van der Waals surface area contributed by atoms with Gasteiger partial charge in [-0.2, -0.15) is 0 Å². The number of allylic oxidation sites excluding steroid dienone is 3. The Morgan fingerprint density at radius 2 is 1.82 bits per heavy atom. The highest BCUT2D eigenvalue weighted by atomic mass is 16.2. The molecule has 0 aromatic heterocycles. The monoisotopic (exact) mass is 234 g/mol. The Balaban J connectivity index is 2.82. The molecule has 0 amide bonds. The molecule has 17 heavy (non-hydrogen) atoms. The van der Waals surface area contributed by atoms with Crippen LogP contribution in [0.3, 0.4) is 0 Å². The van der Waals surface area contributed by atoms with Crippen LogP contribution in [0.2, 0.25) is 0 Å². The first-order valence-electron chi connectivity index (χ1n) is 6.50. The van der Waals surface area contributed by atoms with Gasteiger partial charge in [0, 0.05) is 12.8 Å². The maximum Gasteiger partial charge on any atom is 0.147 e. The molecular weight excluding hydrogens is 212 g/mol. The molecule has 0 bridgehead atoms. The lowest BCUT2D eigenvalue weighted by Gasteiger charge is -2.32. The van der Waals surface area contributed by atoms with Crippen LogP contribution in [0.5, 0.6) is 0 Å². The van der Waals surface area contributed by atoms with E-state index in [1.165, 1.54) is 0 Å². The topological polar surface area (TPSA) is 34.1 Å². The Labute approximate surface area is 104 Å². The minimum Gasteiger partial charge on any atom is -0.299 e. The van der Waals surface area contributed by atoms with Gasteiger partial charge in [-0.25, -0.2) is 0 Å². The lowest BCUT2D eigenvalue weighted by molar-refractivity contribution is -0.143. The first-order chi connectivity index (χ1) is 8.17. The van der Waals surface area contributed by atoms with Crippen molar-refractivity contribution in [3.05, 3.63) is 24.8 Å². The molecule has 0 N–H and O–H groups in total. The quantitative estimate of drug-likeness (QED) is 0.519. The molecule has 2 heteroatoms. The third kappa shape index (κ3) is 3.15. The van der Waals surface area contributed by atoms with E-state index in [1.54, 1.807) is 6.08 Å². The number of hydrogen-bond acceptors (Lipinski definition) is 2. The SMILES string of the molecule is C=CCC1(C/C=C/CCC)C(=O)CCCC1=O. The Kier molecular flexibility index (Phi) is 5.33. The zero-order valence-electron chi connectivity index (χ0n) is 10.7. The third-order valence-electron chi connectivity index (χ3n) is 3.46. The zero-order valence-corrected chi connectivity index (χ0v) is 10.7. The molecule has 0 radical (unpaired) electrons. The van der Waals surface area contributed by atoms with Gasteiger partial charge in [0.05, 0.1) is 5.41 Å². The van der Waals surface area contributed by atoms with Gasteiger partial charge in [0.25, 0.3) is 0 Å². The second kappa shape index (κ2) is 6.53. The van der Waals surface area contributed by atoms with Gasteiger partial charge in [0.15, 0.2) is 0 Å². The molecule has 94 valence electrons. The summed E-state index contributed by atoms with van der Waals surface area (Å²) in [6.07, 6.45) is 10.7. The van der Waals surface area contributed by atoms with Crippen LogP contribution in [0.25, 0.3) is 0 Å². The van der Waals surface area contributed by atoms with Crippen molar-refractivity contribution in [2.75, 3.05) is 0 Å². The van der Waals surface area contributed by atoms with Crippen LogP contribution in [-0.2, 0) is 9.59 Å². The number of rotatable bonds is 6. The standard InChI is InChI=1S/C15H22O2/c1-3-5-6-7-12-15(11-4-2)13(16)9-8-10-14(15)17/h4,6-7H,2-3,5,8-12H2,1H3/b7-6+. The highest BCUT2D eigenvalue weighted by molar-refractivity contribution is 6.09. The number of carbonyl (C=O) groups is 2. The average Bonchev–Trinajstić information content (AvgIpc) is 2.31. The molecule has 0 aromatic carbocycles. The predicted molar refractivity (Wildman–Crippen MR) is 69.8 cm³/mol. The summed E-state index contributed by atoms with van der Waals surface area (Å²) < 4.78 is 0. The molecule has 1 fully saturated rings. The van der Waals surface area contributed by atoms with Gasteiger partial charge in [-0.15, -0.1) is 6.58 Å². The Bertz CT molecular complexity index is 310. The van der Waals surface area contributed by atoms with E-state index in [2.05, 4.69) is 19.6 Å². The van der Waals surface area contributed by atoms with Crippen LogP contribution >= 0.6 is 0 Å². The molecule has 1 rings (SSSR count). The van der Waals surface area contributed by atoms with Crippen LogP contribution in [-0.4, -0.2) is 11.6 Å². The summed E-state index contributed by atoms with van der Waals surface area (Å²) in [7, 11) is 0. The van der Waals surface area contributed by atoms with E-state index in [4.69, 9.17) is 0 Å². The molecule has 2 nitrogen and oxygen atoms in total. The van der Waals surface area contributed by atoms with Crippen molar-refractivity contribution in [2.24, 2.45) is 5.41 Å². The van der Waals surface area contributed by atoms with Crippen molar-refractivity contribution in [1.82, 2.24) is 0 Å². The Hall–Kier alpha value is -1.18. The lowest BCUT2D eigenvalue weighted by atomic mass is 9.67. The van der Waals surface area contributed by atoms with Crippen LogP contribution in [0.1, 0.15) is 51.9 Å². The molecule has 0 saturated heterocycles. The summed E-state index contributed by atoms with van der Waals surface area (Å²) in [5, 5.41) is 0. The fraction of sp³-hybridized carbons (Fsp3) is 0.600. The molecule has 0 unspecified atom stereocenters. The fourth-order valence-electron chi connectivity index (χ4n) is 2.40. The van der Waals surface area contributed by atoms with Crippen LogP contribution in [0.15, 0.2) is 24.8 Å². The molecule has 0 aliphatic heterocycles. The molecule has 1 aliphatic carbocycles. The van der Waals surface area contributed by atoms with Crippen molar-refractivity contribution in [3.63, 3.8) is 0 Å². The highest BCUT2D eigenvalue weighted by Gasteiger charge is 2.44. The largest absolute Gasteiger partial charge is 0.299 e. The van der Waals surface area contributed by atoms with Gasteiger partial charge >= 0.3 is 0 Å². The van der Waals surface area contributed by atoms with Crippen LogP contribution in [0.4, 0.5) is 0 Å². The van der Waals surface area contributed by atoms with Gasteiger partial charge in [0.1, 0.15) is 11.6 Å². The first-order valence-corrected chi connectivity index (χ1v) is 6.50. The first kappa shape index (κ1) is 13.9. The molecular formula is C15H22O2. The maximum atomic E-state index is 12.1. The Morgan fingerprint density at radius 1 is 1.18 bits per heavy atom. The van der Waals surface area contributed by atoms with E-state index in [-0.39, 0.29) is 11.6 Å². The Morgan fingerprint density at radius 3 is 2.35 bits per heavy atom. The number of carbonyl (C=O) groups excluding carboxylic acids is 2. The van der Waals surface area contributed by atoms with Crippen molar-refractivity contribution in [1.29, 1.82) is 0 Å². The van der Waals surface area contributed by atoms with Gasteiger partial charge in [0.2, 0.25) is 0 Å². The fourth-order valence-corrected chi connectivity index (χ4v) is 2.40. The minimum absolute atomic E-state index is 0.106. The molecule has 0 atom stereocenters. The smallest absolute Gasteiger partial charge is 0.147 e. The molecule has 0 heterocycles. The molecule has 0 aromatic rings. The van der Waals surface area contributed by atoms with Crippen molar-refractivity contribution >= 4 is 11.6 Å². The summed E-state index contributed by atoms with van der Waals surface area (Å²) >= 11 is 0. The molecule has 0 spiro atoms. The summed E-state index contributed by atoms with van der Waals surface area (Å²) in [5.74, 6) is 0.213. The third-order valence-corrected chi connectivity index (χ3v) is 3.46. The second-order valence-electron chi connectivity index (χ2n) is 4.74. The van der Waals surface area contributed by atoms with Gasteiger partial charge in [-0.1, -0.05) is 31.6 Å². The molecule has 1 saturated carbocycles. The van der Waals surface area contributed by atoms with Gasteiger partial charge in [-0.3, -0.25) is 9.59 Å². The van der Waals surface area contributed by atoms with Crippen molar-refractivity contribution < 1.29 is 9.59 Å². The van der Waals surface area contributed by atoms with E-state index in [0.717, 1.165) is 19.3 Å². The van der Waals surface area contributed by atoms with E-state index < -0.39 is 5.41 Å². The van der Waals surface area contributed by atoms with Crippen molar-refractivity contribution in [3.8, 4) is 0 Å². The zero-order chi connectivity index (χ0) is 12.7. The average molecular weight is 234 g/mol. The highest BCUT2D eigenvalue weighted by Crippen LogP contribution is 2.37. The summed E-state index contributed by atoms with van der Waals surface area (Å²) in [5.41, 5.74) is -0.787. The maximum absolute atomic E-state index is 12.1. The normalized spacial score (nSPS) is 19.8. The van der Waals surface area contributed by atoms with Gasteiger partial charge < -0.3 is 0 Å². The lowest BCUT2D eigenvalue weighted by Crippen LogP contribution is -2.41. The van der Waals surface area contributed by atoms with Gasteiger partial charge in [-0.05, 0) is 25.7 Å².